The lowest BCUT2D eigenvalue weighted by molar-refractivity contribution is 0.733. The van der Waals surface area contributed by atoms with E-state index in [1.54, 1.807) is 0 Å². The molecule has 0 aromatic heterocycles. The number of hydrogen-bond acceptors (Lipinski definition) is 0. The zero-order valence-electron chi connectivity index (χ0n) is 7.67. The second-order valence-corrected chi connectivity index (χ2v) is 3.08. The van der Waals surface area contributed by atoms with Gasteiger partial charge in [0.1, 0.15) is 0 Å². The Balaban J connectivity index is 2.95. The minimum atomic E-state index is 0.610. The Bertz CT molecular complexity index is 291. The molecule has 0 fully saturated rings. The number of benzene rings is 1. The van der Waals surface area contributed by atoms with Crippen LogP contribution < -0.4 is 0 Å². The summed E-state index contributed by atoms with van der Waals surface area (Å²) in [5, 5.41) is 0. The van der Waals surface area contributed by atoms with Crippen LogP contribution >= 0.6 is 0 Å². The summed E-state index contributed by atoms with van der Waals surface area (Å²) in [6.07, 6.45) is 6.47. The van der Waals surface area contributed by atoms with Crippen molar-refractivity contribution in [2.75, 3.05) is 0 Å². The van der Waals surface area contributed by atoms with Crippen molar-refractivity contribution < 1.29 is 0 Å². The second kappa shape index (κ2) is 3.97. The number of terminal acetylenes is 1. The smallest absolute Gasteiger partial charge is 0.0245 e. The van der Waals surface area contributed by atoms with Crippen molar-refractivity contribution in [3.05, 3.63) is 35.4 Å². The zero-order chi connectivity index (χ0) is 8.97. The van der Waals surface area contributed by atoms with E-state index >= 15 is 0 Å². The van der Waals surface area contributed by atoms with Crippen LogP contribution in [0.15, 0.2) is 24.3 Å². The lowest BCUT2D eigenvalue weighted by atomic mass is 9.97. The molecular formula is C12H14. The predicted molar refractivity (Wildman–Crippen MR) is 53.1 cm³/mol. The standard InChI is InChI=1S/C12H14/c1-4-10(3)12-8-6-7-11(5-2)9-12/h2,6-10H,4H2,1,3H3. The fourth-order valence-electron chi connectivity index (χ4n) is 1.17. The molecule has 0 aliphatic carbocycles. The average Bonchev–Trinajstić information content (AvgIpc) is 2.17. The van der Waals surface area contributed by atoms with Gasteiger partial charge in [-0.3, -0.25) is 0 Å². The van der Waals surface area contributed by atoms with Gasteiger partial charge in [-0.05, 0) is 30.0 Å². The first-order valence-electron chi connectivity index (χ1n) is 4.34. The SMILES string of the molecule is C#Cc1cccc(C(C)CC)c1. The van der Waals surface area contributed by atoms with Crippen LogP contribution in [0.4, 0.5) is 0 Å². The van der Waals surface area contributed by atoms with Gasteiger partial charge in [-0.2, -0.15) is 0 Å². The maximum absolute atomic E-state index is 5.31. The van der Waals surface area contributed by atoms with E-state index in [0.717, 1.165) is 12.0 Å². The average molecular weight is 158 g/mol. The Labute approximate surface area is 74.6 Å². The largest absolute Gasteiger partial charge is 0.115 e. The summed E-state index contributed by atoms with van der Waals surface area (Å²) in [7, 11) is 0. The normalized spacial score (nSPS) is 12.1. The van der Waals surface area contributed by atoms with Crippen LogP contribution in [0.25, 0.3) is 0 Å². The van der Waals surface area contributed by atoms with E-state index in [1.807, 2.05) is 12.1 Å². The lowest BCUT2D eigenvalue weighted by Crippen LogP contribution is -1.91. The van der Waals surface area contributed by atoms with Crippen LogP contribution in [0.3, 0.4) is 0 Å². The molecule has 0 heteroatoms. The molecule has 0 aliphatic heterocycles. The highest BCUT2D eigenvalue weighted by atomic mass is 14.1. The molecule has 1 aromatic rings. The maximum Gasteiger partial charge on any atom is 0.0245 e. The van der Waals surface area contributed by atoms with Crippen LogP contribution in [0.1, 0.15) is 37.3 Å². The molecule has 1 rings (SSSR count). The molecule has 0 aliphatic rings. The lowest BCUT2D eigenvalue weighted by Gasteiger charge is -2.08. The van der Waals surface area contributed by atoms with Crippen molar-refractivity contribution in [1.29, 1.82) is 0 Å². The van der Waals surface area contributed by atoms with E-state index in [0.29, 0.717) is 5.92 Å². The minimum Gasteiger partial charge on any atom is -0.115 e. The summed E-state index contributed by atoms with van der Waals surface area (Å²) in [6, 6.07) is 8.21. The number of hydrogen-bond donors (Lipinski definition) is 0. The van der Waals surface area contributed by atoms with Crippen LogP contribution in [0.5, 0.6) is 0 Å². The molecule has 0 spiro atoms. The predicted octanol–water partition coefficient (Wildman–Crippen LogP) is 3.18. The van der Waals surface area contributed by atoms with Crippen molar-refractivity contribution in [2.24, 2.45) is 0 Å². The summed E-state index contributed by atoms with van der Waals surface area (Å²) >= 11 is 0. The Morgan fingerprint density at radius 2 is 2.25 bits per heavy atom. The zero-order valence-corrected chi connectivity index (χ0v) is 7.67. The van der Waals surface area contributed by atoms with Gasteiger partial charge in [-0.25, -0.2) is 0 Å². The molecule has 0 saturated heterocycles. The monoisotopic (exact) mass is 158 g/mol. The van der Waals surface area contributed by atoms with Crippen molar-refractivity contribution in [2.45, 2.75) is 26.2 Å². The first kappa shape index (κ1) is 8.87. The van der Waals surface area contributed by atoms with Crippen molar-refractivity contribution in [1.82, 2.24) is 0 Å². The summed E-state index contributed by atoms with van der Waals surface area (Å²) in [5.41, 5.74) is 2.32. The molecule has 1 aromatic carbocycles. The van der Waals surface area contributed by atoms with Gasteiger partial charge in [0.05, 0.1) is 0 Å². The van der Waals surface area contributed by atoms with Crippen LogP contribution in [0.2, 0.25) is 0 Å². The summed E-state index contributed by atoms with van der Waals surface area (Å²) < 4.78 is 0. The fourth-order valence-corrected chi connectivity index (χ4v) is 1.17. The molecule has 12 heavy (non-hydrogen) atoms. The molecule has 62 valence electrons. The third kappa shape index (κ3) is 1.89. The Kier molecular flexibility index (Phi) is 2.94. The summed E-state index contributed by atoms with van der Waals surface area (Å²) in [4.78, 5) is 0. The molecule has 0 radical (unpaired) electrons. The molecular weight excluding hydrogens is 144 g/mol. The van der Waals surface area contributed by atoms with Crippen LogP contribution in [0, 0.1) is 12.3 Å². The molecule has 0 amide bonds. The molecule has 0 nitrogen and oxygen atoms in total. The highest BCUT2D eigenvalue weighted by Gasteiger charge is 2.01. The molecule has 0 bridgehead atoms. The topological polar surface area (TPSA) is 0 Å². The highest BCUT2D eigenvalue weighted by molar-refractivity contribution is 5.36. The van der Waals surface area contributed by atoms with E-state index in [9.17, 15) is 0 Å². The minimum absolute atomic E-state index is 0.610. The van der Waals surface area contributed by atoms with Gasteiger partial charge in [0, 0.05) is 5.56 Å². The van der Waals surface area contributed by atoms with Gasteiger partial charge in [0.15, 0.2) is 0 Å². The van der Waals surface area contributed by atoms with Crippen molar-refractivity contribution >= 4 is 0 Å². The molecule has 1 atom stereocenters. The van der Waals surface area contributed by atoms with Crippen molar-refractivity contribution in [3.8, 4) is 12.3 Å². The first-order chi connectivity index (χ1) is 5.77. The van der Waals surface area contributed by atoms with Gasteiger partial charge < -0.3 is 0 Å². The van der Waals surface area contributed by atoms with E-state index < -0.39 is 0 Å². The van der Waals surface area contributed by atoms with Gasteiger partial charge in [0.2, 0.25) is 0 Å². The van der Waals surface area contributed by atoms with Crippen LogP contribution in [-0.2, 0) is 0 Å². The molecule has 0 N–H and O–H groups in total. The molecule has 0 heterocycles. The highest BCUT2D eigenvalue weighted by Crippen LogP contribution is 2.18. The third-order valence-electron chi connectivity index (χ3n) is 2.23. The van der Waals surface area contributed by atoms with E-state index in [-0.39, 0.29) is 0 Å². The van der Waals surface area contributed by atoms with Gasteiger partial charge in [0.25, 0.3) is 0 Å². The first-order valence-corrected chi connectivity index (χ1v) is 4.34. The molecule has 0 saturated carbocycles. The molecule has 1 unspecified atom stereocenters. The van der Waals surface area contributed by atoms with Crippen LogP contribution in [-0.4, -0.2) is 0 Å². The van der Waals surface area contributed by atoms with E-state index in [4.69, 9.17) is 6.42 Å². The maximum atomic E-state index is 5.31. The Morgan fingerprint density at radius 3 is 2.83 bits per heavy atom. The van der Waals surface area contributed by atoms with Crippen molar-refractivity contribution in [3.63, 3.8) is 0 Å². The summed E-state index contributed by atoms with van der Waals surface area (Å²) in [5.74, 6) is 3.26. The fraction of sp³-hybridized carbons (Fsp3) is 0.333. The summed E-state index contributed by atoms with van der Waals surface area (Å²) in [6.45, 7) is 4.41. The van der Waals surface area contributed by atoms with Gasteiger partial charge in [-0.1, -0.05) is 31.9 Å². The Hall–Kier alpha value is -1.22. The third-order valence-corrected chi connectivity index (χ3v) is 2.23. The quantitative estimate of drug-likeness (QED) is 0.580. The number of rotatable bonds is 2. The van der Waals surface area contributed by atoms with Gasteiger partial charge >= 0.3 is 0 Å². The van der Waals surface area contributed by atoms with E-state index in [1.165, 1.54) is 5.56 Å². The van der Waals surface area contributed by atoms with Gasteiger partial charge in [-0.15, -0.1) is 6.42 Å². The van der Waals surface area contributed by atoms with E-state index in [2.05, 4.69) is 31.9 Å². The Morgan fingerprint density at radius 1 is 1.50 bits per heavy atom. The second-order valence-electron chi connectivity index (χ2n) is 3.08.